The molecule has 2 aromatic rings. The van der Waals surface area contributed by atoms with E-state index in [-0.39, 0.29) is 11.7 Å². The molecule has 0 aliphatic carbocycles. The molecule has 0 aromatic carbocycles. The number of carbonyl (C=O) groups is 1. The zero-order valence-corrected chi connectivity index (χ0v) is 12.7. The van der Waals surface area contributed by atoms with Crippen LogP contribution in [0.15, 0.2) is 39.8 Å². The molecule has 6 rings (SSSR count). The smallest absolute Gasteiger partial charge is 0.417 e. The number of amides is 1. The Bertz CT molecular complexity index is 730. The Balaban J connectivity index is 1.43. The third-order valence-corrected chi connectivity index (χ3v) is 5.47. The fourth-order valence-corrected chi connectivity index (χ4v) is 4.23. The molecule has 4 saturated heterocycles. The fourth-order valence-electron chi connectivity index (χ4n) is 4.23. The fraction of sp³-hybridized carbons (Fsp3) is 0.471. The Morgan fingerprint density at radius 3 is 2.70 bits per heavy atom. The molecule has 120 valence electrons. The van der Waals surface area contributed by atoms with Crippen molar-refractivity contribution < 1.29 is 18.4 Å². The van der Waals surface area contributed by atoms with Gasteiger partial charge in [-0.2, -0.15) is 0 Å². The minimum atomic E-state index is -0.365. The topological polar surface area (TPSA) is 59.1 Å². The van der Waals surface area contributed by atoms with Crippen LogP contribution in [0.2, 0.25) is 0 Å². The number of ether oxygens (including phenoxy) is 1. The van der Waals surface area contributed by atoms with Gasteiger partial charge in [-0.15, -0.1) is 0 Å². The monoisotopic (exact) mass is 314 g/mol. The molecular formula is C17H18N2O4. The zero-order valence-electron chi connectivity index (χ0n) is 12.7. The predicted octanol–water partition coefficient (Wildman–Crippen LogP) is 2.96. The van der Waals surface area contributed by atoms with E-state index in [1.54, 1.807) is 23.7 Å². The van der Waals surface area contributed by atoms with Gasteiger partial charge >= 0.3 is 6.09 Å². The van der Waals surface area contributed by atoms with Crippen molar-refractivity contribution in [2.75, 3.05) is 31.1 Å². The maximum atomic E-state index is 12.4. The van der Waals surface area contributed by atoms with E-state index < -0.39 is 0 Å². The second-order valence-electron chi connectivity index (χ2n) is 6.75. The first kappa shape index (κ1) is 13.2. The molecule has 1 unspecified atom stereocenters. The van der Waals surface area contributed by atoms with Gasteiger partial charge in [-0.1, -0.05) is 0 Å². The second kappa shape index (κ2) is 4.64. The van der Waals surface area contributed by atoms with Gasteiger partial charge in [-0.25, -0.2) is 9.69 Å². The van der Waals surface area contributed by atoms with Crippen LogP contribution in [-0.2, 0) is 4.74 Å². The number of fused-ring (bicyclic) bond motifs is 2. The number of piperidine rings is 3. The number of rotatable bonds is 2. The van der Waals surface area contributed by atoms with Gasteiger partial charge in [0.1, 0.15) is 11.9 Å². The Morgan fingerprint density at radius 2 is 2.00 bits per heavy atom. The van der Waals surface area contributed by atoms with Crippen molar-refractivity contribution >= 4 is 12.0 Å². The van der Waals surface area contributed by atoms with Gasteiger partial charge in [0.25, 0.3) is 0 Å². The lowest BCUT2D eigenvalue weighted by atomic mass is 9.75. The van der Waals surface area contributed by atoms with Gasteiger partial charge in [0.05, 0.1) is 19.1 Å². The lowest BCUT2D eigenvalue weighted by molar-refractivity contribution is -0.0881. The molecule has 6 heterocycles. The van der Waals surface area contributed by atoms with Crippen molar-refractivity contribution in [1.82, 2.24) is 4.90 Å². The van der Waals surface area contributed by atoms with Crippen molar-refractivity contribution in [2.24, 2.45) is 5.92 Å². The molecule has 4 fully saturated rings. The summed E-state index contributed by atoms with van der Waals surface area (Å²) in [6.45, 7) is 3.66. The van der Waals surface area contributed by atoms with E-state index in [4.69, 9.17) is 13.6 Å². The Morgan fingerprint density at radius 1 is 1.13 bits per heavy atom. The third kappa shape index (κ3) is 1.94. The van der Waals surface area contributed by atoms with Crippen LogP contribution < -0.4 is 4.90 Å². The molecule has 6 heteroatoms. The van der Waals surface area contributed by atoms with Crippen molar-refractivity contribution in [3.8, 4) is 11.1 Å². The average Bonchev–Trinajstić information content (AvgIpc) is 3.28. The summed E-state index contributed by atoms with van der Waals surface area (Å²) < 4.78 is 16.6. The quantitative estimate of drug-likeness (QED) is 0.853. The standard InChI is InChI=1S/C17H18N2O4/c20-16-19(15-7-13(9-22-15)12-3-6-21-8-12)11-17(23-16)10-18-4-1-14(17)2-5-18/h3,6-9,14H,1-2,4-5,10-11H2. The van der Waals surface area contributed by atoms with E-state index in [1.165, 1.54) is 0 Å². The summed E-state index contributed by atoms with van der Waals surface area (Å²) in [6.07, 6.45) is 6.85. The summed E-state index contributed by atoms with van der Waals surface area (Å²) in [5.74, 6) is 1.00. The van der Waals surface area contributed by atoms with Crippen LogP contribution in [0.1, 0.15) is 12.8 Å². The van der Waals surface area contributed by atoms with Crippen molar-refractivity contribution in [3.63, 3.8) is 0 Å². The molecule has 4 aliphatic rings. The highest BCUT2D eigenvalue weighted by atomic mass is 16.6. The summed E-state index contributed by atoms with van der Waals surface area (Å²) in [5.41, 5.74) is 1.47. The summed E-state index contributed by atoms with van der Waals surface area (Å²) in [6, 6.07) is 3.73. The molecule has 6 nitrogen and oxygen atoms in total. The second-order valence-corrected chi connectivity index (χ2v) is 6.75. The maximum absolute atomic E-state index is 12.4. The molecule has 0 radical (unpaired) electrons. The molecule has 2 bridgehead atoms. The van der Waals surface area contributed by atoms with Crippen molar-refractivity contribution in [3.05, 3.63) is 30.9 Å². The van der Waals surface area contributed by atoms with Gasteiger partial charge in [0.15, 0.2) is 0 Å². The molecule has 23 heavy (non-hydrogen) atoms. The minimum Gasteiger partial charge on any atom is -0.472 e. The molecule has 1 spiro atoms. The van der Waals surface area contributed by atoms with E-state index in [0.717, 1.165) is 43.6 Å². The molecular weight excluding hydrogens is 296 g/mol. The molecule has 4 aliphatic heterocycles. The molecule has 2 aromatic heterocycles. The van der Waals surface area contributed by atoms with Crippen LogP contribution in [0.25, 0.3) is 11.1 Å². The van der Waals surface area contributed by atoms with Gasteiger partial charge in [-0.05, 0) is 32.0 Å². The largest absolute Gasteiger partial charge is 0.472 e. The number of carbonyl (C=O) groups excluding carboxylic acids is 1. The van der Waals surface area contributed by atoms with E-state index in [9.17, 15) is 4.79 Å². The summed E-state index contributed by atoms with van der Waals surface area (Å²) in [5, 5.41) is 0. The van der Waals surface area contributed by atoms with Gasteiger partial charge in [0.2, 0.25) is 5.88 Å². The highest BCUT2D eigenvalue weighted by molar-refractivity contribution is 5.89. The molecule has 0 saturated carbocycles. The van der Waals surface area contributed by atoms with Crippen LogP contribution in [0, 0.1) is 5.92 Å². The first-order valence-electron chi connectivity index (χ1n) is 8.07. The number of furan rings is 2. The van der Waals surface area contributed by atoms with E-state index in [0.29, 0.717) is 18.3 Å². The normalized spacial score (nSPS) is 32.7. The minimum absolute atomic E-state index is 0.299. The predicted molar refractivity (Wildman–Crippen MR) is 82.1 cm³/mol. The number of nitrogens with zero attached hydrogens (tertiary/aromatic N) is 2. The van der Waals surface area contributed by atoms with Crippen LogP contribution in [-0.4, -0.2) is 42.8 Å². The zero-order chi connectivity index (χ0) is 15.4. The van der Waals surface area contributed by atoms with Crippen LogP contribution in [0.5, 0.6) is 0 Å². The van der Waals surface area contributed by atoms with Crippen LogP contribution in [0.3, 0.4) is 0 Å². The average molecular weight is 314 g/mol. The summed E-state index contributed by atoms with van der Waals surface area (Å²) >= 11 is 0. The highest BCUT2D eigenvalue weighted by Crippen LogP contribution is 2.43. The number of hydrogen-bond donors (Lipinski definition) is 0. The van der Waals surface area contributed by atoms with Crippen LogP contribution in [0.4, 0.5) is 10.7 Å². The highest BCUT2D eigenvalue weighted by Gasteiger charge is 2.56. The van der Waals surface area contributed by atoms with Crippen molar-refractivity contribution in [2.45, 2.75) is 18.4 Å². The van der Waals surface area contributed by atoms with Crippen LogP contribution >= 0.6 is 0 Å². The lowest BCUT2D eigenvalue weighted by Gasteiger charge is -2.49. The van der Waals surface area contributed by atoms with Gasteiger partial charge in [-0.3, -0.25) is 4.90 Å². The Kier molecular flexibility index (Phi) is 2.68. The SMILES string of the molecule is O=C1OC2(CN3CCC2CC3)CN1c1cc(-c2ccoc2)co1. The van der Waals surface area contributed by atoms with Gasteiger partial charge in [0, 0.05) is 29.7 Å². The Hall–Kier alpha value is -2.21. The maximum Gasteiger partial charge on any atom is 0.417 e. The summed E-state index contributed by atoms with van der Waals surface area (Å²) in [4.78, 5) is 16.5. The number of anilines is 1. The van der Waals surface area contributed by atoms with E-state index in [1.807, 2.05) is 12.1 Å². The lowest BCUT2D eigenvalue weighted by Crippen LogP contribution is -2.61. The first-order chi connectivity index (χ1) is 11.2. The summed E-state index contributed by atoms with van der Waals surface area (Å²) in [7, 11) is 0. The molecule has 0 N–H and O–H groups in total. The Labute approximate surface area is 133 Å². The van der Waals surface area contributed by atoms with Crippen molar-refractivity contribution in [1.29, 1.82) is 0 Å². The van der Waals surface area contributed by atoms with E-state index >= 15 is 0 Å². The first-order valence-corrected chi connectivity index (χ1v) is 8.07. The third-order valence-electron chi connectivity index (χ3n) is 5.47. The van der Waals surface area contributed by atoms with E-state index in [2.05, 4.69) is 4.90 Å². The molecule has 1 amide bonds. The number of hydrogen-bond acceptors (Lipinski definition) is 5. The van der Waals surface area contributed by atoms with Gasteiger partial charge < -0.3 is 13.6 Å². The molecule has 1 atom stereocenters.